The number of halogens is 1. The molecule has 0 aliphatic heterocycles. The number of likely N-dealkylation sites (N-methyl/N-ethyl adjacent to an activating group) is 1. The predicted molar refractivity (Wildman–Crippen MR) is 88.2 cm³/mol. The van der Waals surface area contributed by atoms with Gasteiger partial charge in [-0.1, -0.05) is 18.2 Å². The van der Waals surface area contributed by atoms with Gasteiger partial charge in [0, 0.05) is 29.5 Å². The van der Waals surface area contributed by atoms with E-state index >= 15 is 0 Å². The Balaban J connectivity index is 1.99. The minimum Gasteiger partial charge on any atom is -0.311 e. The molecule has 2 aromatic heterocycles. The fourth-order valence-electron chi connectivity index (χ4n) is 2.62. The van der Waals surface area contributed by atoms with E-state index in [4.69, 9.17) is 0 Å². The third-order valence-electron chi connectivity index (χ3n) is 3.70. The molecule has 0 amide bonds. The zero-order valence-electron chi connectivity index (χ0n) is 12.0. The van der Waals surface area contributed by atoms with Crippen LogP contribution in [0.3, 0.4) is 0 Å². The molecule has 1 N–H and O–H groups in total. The summed E-state index contributed by atoms with van der Waals surface area (Å²) in [6.45, 7) is 0. The number of nitrogens with zero attached hydrogens (tertiary/aromatic N) is 3. The Morgan fingerprint density at radius 3 is 2.81 bits per heavy atom. The monoisotopic (exact) mass is 344 g/mol. The van der Waals surface area contributed by atoms with Gasteiger partial charge in [-0.15, -0.1) is 0 Å². The quantitative estimate of drug-likeness (QED) is 0.790. The fraction of sp³-hybridized carbons (Fsp3) is 0.250. The molecule has 21 heavy (non-hydrogen) atoms. The highest BCUT2D eigenvalue weighted by atomic mass is 79.9. The molecule has 3 rings (SSSR count). The van der Waals surface area contributed by atoms with Crippen LogP contribution in [0.2, 0.25) is 0 Å². The minimum absolute atomic E-state index is 0.124. The second-order valence-corrected chi connectivity index (χ2v) is 5.86. The number of pyridine rings is 1. The van der Waals surface area contributed by atoms with Crippen LogP contribution in [0.15, 0.2) is 47.1 Å². The largest absolute Gasteiger partial charge is 0.311 e. The van der Waals surface area contributed by atoms with Gasteiger partial charge in [0.1, 0.15) is 0 Å². The summed E-state index contributed by atoms with van der Waals surface area (Å²) >= 11 is 3.58. The van der Waals surface area contributed by atoms with Gasteiger partial charge >= 0.3 is 0 Å². The first-order valence-corrected chi connectivity index (χ1v) is 7.68. The summed E-state index contributed by atoms with van der Waals surface area (Å²) in [5.41, 5.74) is 3.25. The van der Waals surface area contributed by atoms with Crippen LogP contribution in [-0.4, -0.2) is 21.8 Å². The van der Waals surface area contributed by atoms with E-state index in [2.05, 4.69) is 49.5 Å². The summed E-state index contributed by atoms with van der Waals surface area (Å²) in [5.74, 6) is 0. The lowest BCUT2D eigenvalue weighted by Crippen LogP contribution is -2.21. The molecule has 0 radical (unpaired) electrons. The first kappa shape index (κ1) is 14.2. The van der Waals surface area contributed by atoms with Crippen molar-refractivity contribution in [3.8, 4) is 0 Å². The van der Waals surface area contributed by atoms with Crippen LogP contribution in [0.25, 0.3) is 10.9 Å². The Morgan fingerprint density at radius 1 is 1.24 bits per heavy atom. The van der Waals surface area contributed by atoms with Crippen LogP contribution >= 0.6 is 15.9 Å². The standard InChI is InChI=1S/C16H17BrN4/c1-18-14(16-12(17)7-5-9-19-16)10-13-11-6-3-4-8-15(11)21(2)20-13/h3-9,14,18H,10H2,1-2H3. The predicted octanol–water partition coefficient (Wildman–Crippen LogP) is 3.23. The molecule has 0 spiro atoms. The average Bonchev–Trinajstić information content (AvgIpc) is 2.82. The lowest BCUT2D eigenvalue weighted by molar-refractivity contribution is 0.562. The molecule has 1 unspecified atom stereocenters. The Labute approximate surface area is 132 Å². The van der Waals surface area contributed by atoms with E-state index in [0.717, 1.165) is 27.8 Å². The number of aryl methyl sites for hydroxylation is 1. The molecule has 0 fully saturated rings. The van der Waals surface area contributed by atoms with Crippen molar-refractivity contribution in [1.82, 2.24) is 20.1 Å². The van der Waals surface area contributed by atoms with E-state index in [0.29, 0.717) is 0 Å². The number of fused-ring (bicyclic) bond motifs is 1. The fourth-order valence-corrected chi connectivity index (χ4v) is 3.15. The zero-order valence-corrected chi connectivity index (χ0v) is 13.6. The number of hydrogen-bond donors (Lipinski definition) is 1. The van der Waals surface area contributed by atoms with Gasteiger partial charge in [0.15, 0.2) is 0 Å². The summed E-state index contributed by atoms with van der Waals surface area (Å²) in [6, 6.07) is 12.4. The van der Waals surface area contributed by atoms with Gasteiger partial charge in [-0.25, -0.2) is 0 Å². The lowest BCUT2D eigenvalue weighted by atomic mass is 10.0. The lowest BCUT2D eigenvalue weighted by Gasteiger charge is -2.16. The maximum absolute atomic E-state index is 4.67. The number of rotatable bonds is 4. The summed E-state index contributed by atoms with van der Waals surface area (Å²) in [5, 5.41) is 9.21. The number of aromatic nitrogens is 3. The second-order valence-electron chi connectivity index (χ2n) is 5.00. The normalized spacial score (nSPS) is 12.7. The van der Waals surface area contributed by atoms with Crippen molar-refractivity contribution < 1.29 is 0 Å². The summed E-state index contributed by atoms with van der Waals surface area (Å²) in [4.78, 5) is 4.49. The molecule has 108 valence electrons. The Kier molecular flexibility index (Phi) is 4.03. The SMILES string of the molecule is CNC(Cc1nn(C)c2ccccc12)c1ncccc1Br. The highest BCUT2D eigenvalue weighted by Crippen LogP contribution is 2.26. The van der Waals surface area contributed by atoms with Crippen molar-refractivity contribution >= 4 is 26.8 Å². The van der Waals surface area contributed by atoms with E-state index < -0.39 is 0 Å². The molecular formula is C16H17BrN4. The van der Waals surface area contributed by atoms with Gasteiger partial charge in [0.25, 0.3) is 0 Å². The molecule has 0 saturated heterocycles. The Hall–Kier alpha value is -1.72. The van der Waals surface area contributed by atoms with Crippen LogP contribution in [0.1, 0.15) is 17.4 Å². The van der Waals surface area contributed by atoms with Gasteiger partial charge in [0.2, 0.25) is 0 Å². The van der Waals surface area contributed by atoms with Gasteiger partial charge in [-0.2, -0.15) is 5.10 Å². The first-order chi connectivity index (χ1) is 10.2. The second kappa shape index (κ2) is 5.95. The van der Waals surface area contributed by atoms with Gasteiger partial charge in [0.05, 0.1) is 22.9 Å². The molecule has 0 saturated carbocycles. The molecule has 0 bridgehead atoms. The van der Waals surface area contributed by atoms with E-state index in [9.17, 15) is 0 Å². The van der Waals surface area contributed by atoms with Gasteiger partial charge in [-0.05, 0) is 41.2 Å². The number of benzene rings is 1. The number of para-hydroxylation sites is 1. The van der Waals surface area contributed by atoms with Crippen molar-refractivity contribution in [2.45, 2.75) is 12.5 Å². The molecule has 4 nitrogen and oxygen atoms in total. The Morgan fingerprint density at radius 2 is 2.05 bits per heavy atom. The molecule has 5 heteroatoms. The van der Waals surface area contributed by atoms with Crippen molar-refractivity contribution in [3.05, 3.63) is 58.5 Å². The smallest absolute Gasteiger partial charge is 0.0722 e. The highest BCUT2D eigenvalue weighted by Gasteiger charge is 2.18. The van der Waals surface area contributed by atoms with E-state index in [1.807, 2.05) is 43.2 Å². The van der Waals surface area contributed by atoms with Gasteiger partial charge < -0.3 is 5.32 Å². The summed E-state index contributed by atoms with van der Waals surface area (Å²) in [7, 11) is 3.94. The van der Waals surface area contributed by atoms with Crippen molar-refractivity contribution in [3.63, 3.8) is 0 Å². The maximum atomic E-state index is 4.67. The van der Waals surface area contributed by atoms with Crippen LogP contribution in [0.4, 0.5) is 0 Å². The minimum atomic E-state index is 0.124. The van der Waals surface area contributed by atoms with Crippen molar-refractivity contribution in [2.24, 2.45) is 7.05 Å². The molecule has 1 aromatic carbocycles. The number of hydrogen-bond acceptors (Lipinski definition) is 3. The summed E-state index contributed by atoms with van der Waals surface area (Å²) < 4.78 is 2.95. The molecule has 1 atom stereocenters. The molecule has 0 aliphatic carbocycles. The van der Waals surface area contributed by atoms with Crippen molar-refractivity contribution in [2.75, 3.05) is 7.05 Å². The maximum Gasteiger partial charge on any atom is 0.0722 e. The van der Waals surface area contributed by atoms with E-state index in [-0.39, 0.29) is 6.04 Å². The Bertz CT molecular complexity index is 766. The topological polar surface area (TPSA) is 42.7 Å². The van der Waals surface area contributed by atoms with Crippen LogP contribution in [0, 0.1) is 0 Å². The third kappa shape index (κ3) is 2.71. The highest BCUT2D eigenvalue weighted by molar-refractivity contribution is 9.10. The molecule has 2 heterocycles. The average molecular weight is 345 g/mol. The van der Waals surface area contributed by atoms with Crippen LogP contribution in [-0.2, 0) is 13.5 Å². The van der Waals surface area contributed by atoms with Gasteiger partial charge in [-0.3, -0.25) is 9.67 Å². The van der Waals surface area contributed by atoms with E-state index in [1.54, 1.807) is 0 Å². The summed E-state index contributed by atoms with van der Waals surface area (Å²) in [6.07, 6.45) is 2.62. The van der Waals surface area contributed by atoms with Crippen LogP contribution < -0.4 is 5.32 Å². The van der Waals surface area contributed by atoms with E-state index in [1.165, 1.54) is 5.39 Å². The van der Waals surface area contributed by atoms with Crippen LogP contribution in [0.5, 0.6) is 0 Å². The third-order valence-corrected chi connectivity index (χ3v) is 4.37. The molecule has 0 aliphatic rings. The zero-order chi connectivity index (χ0) is 14.8. The van der Waals surface area contributed by atoms with Crippen molar-refractivity contribution in [1.29, 1.82) is 0 Å². The first-order valence-electron chi connectivity index (χ1n) is 6.89. The number of nitrogens with one attached hydrogen (secondary N) is 1. The molecule has 3 aromatic rings. The molecular weight excluding hydrogens is 328 g/mol.